The van der Waals surface area contributed by atoms with Gasteiger partial charge >= 0.3 is 0 Å². The highest BCUT2D eigenvalue weighted by Gasteiger charge is 2.15. The molecule has 0 aliphatic carbocycles. The highest BCUT2D eigenvalue weighted by Crippen LogP contribution is 2.20. The van der Waals surface area contributed by atoms with Crippen LogP contribution in [0.3, 0.4) is 0 Å². The first-order chi connectivity index (χ1) is 10.5. The van der Waals surface area contributed by atoms with Crippen molar-refractivity contribution in [3.05, 3.63) is 63.8 Å². The lowest BCUT2D eigenvalue weighted by Gasteiger charge is -2.11. The van der Waals surface area contributed by atoms with E-state index in [1.807, 2.05) is 13.0 Å². The van der Waals surface area contributed by atoms with Crippen LogP contribution in [0.15, 0.2) is 41.6 Å². The molecule has 0 amide bonds. The van der Waals surface area contributed by atoms with Crippen LogP contribution in [0.1, 0.15) is 28.4 Å². The smallest absolute Gasteiger partial charge is 0.261 e. The number of rotatable bonds is 2. The van der Waals surface area contributed by atoms with Crippen LogP contribution in [0, 0.1) is 13.8 Å². The highest BCUT2D eigenvalue weighted by atomic mass is 16.1. The maximum atomic E-state index is 12.6. The Kier molecular flexibility index (Phi) is 3.33. The molecule has 3 rings (SSSR count). The van der Waals surface area contributed by atoms with Gasteiger partial charge in [-0.15, -0.1) is 0 Å². The van der Waals surface area contributed by atoms with E-state index in [1.54, 1.807) is 37.6 Å². The van der Waals surface area contributed by atoms with E-state index < -0.39 is 0 Å². The largest absolute Gasteiger partial charge is 0.294 e. The lowest BCUT2D eigenvalue weighted by atomic mass is 10.1. The molecule has 3 heterocycles. The third kappa shape index (κ3) is 2.20. The summed E-state index contributed by atoms with van der Waals surface area (Å²) in [6.45, 7) is 5.06. The van der Waals surface area contributed by atoms with Crippen molar-refractivity contribution in [3.8, 4) is 11.3 Å². The second-order valence-electron chi connectivity index (χ2n) is 5.31. The standard InChI is InChI=1S/C17H15N3O2/c1-10-7-14(12(3)21)16-19-15(13-5-4-6-18-8-13)11(2)17(22)20(16)9-10/h4-9H,1-3H3. The fourth-order valence-corrected chi connectivity index (χ4v) is 2.51. The molecule has 0 saturated carbocycles. The second kappa shape index (κ2) is 5.18. The Morgan fingerprint density at radius 3 is 2.68 bits per heavy atom. The average Bonchev–Trinajstić information content (AvgIpc) is 2.51. The molecule has 0 bridgehead atoms. The van der Waals surface area contributed by atoms with Crippen LogP contribution in [-0.2, 0) is 0 Å². The van der Waals surface area contributed by atoms with Gasteiger partial charge in [0.1, 0.15) is 0 Å². The van der Waals surface area contributed by atoms with Crippen LogP contribution in [0.25, 0.3) is 16.9 Å². The molecule has 0 saturated heterocycles. The van der Waals surface area contributed by atoms with E-state index in [0.29, 0.717) is 22.5 Å². The van der Waals surface area contributed by atoms with E-state index in [-0.39, 0.29) is 11.3 Å². The number of carbonyl (C=O) groups is 1. The lowest BCUT2D eigenvalue weighted by Crippen LogP contribution is -2.21. The lowest BCUT2D eigenvalue weighted by molar-refractivity contribution is 0.101. The van der Waals surface area contributed by atoms with Gasteiger partial charge in [-0.25, -0.2) is 4.98 Å². The summed E-state index contributed by atoms with van der Waals surface area (Å²) in [6, 6.07) is 5.39. The predicted molar refractivity (Wildman–Crippen MR) is 84.2 cm³/mol. The van der Waals surface area contributed by atoms with Crippen molar-refractivity contribution in [2.45, 2.75) is 20.8 Å². The summed E-state index contributed by atoms with van der Waals surface area (Å²) >= 11 is 0. The van der Waals surface area contributed by atoms with E-state index in [9.17, 15) is 9.59 Å². The normalized spacial score (nSPS) is 10.9. The quantitative estimate of drug-likeness (QED) is 0.681. The van der Waals surface area contributed by atoms with E-state index in [4.69, 9.17) is 0 Å². The first-order valence-corrected chi connectivity index (χ1v) is 6.94. The number of carbonyl (C=O) groups excluding carboxylic acids is 1. The third-order valence-electron chi connectivity index (χ3n) is 3.60. The number of fused-ring (bicyclic) bond motifs is 1. The molecule has 3 aromatic heterocycles. The molecular formula is C17H15N3O2. The summed E-state index contributed by atoms with van der Waals surface area (Å²) in [4.78, 5) is 33.2. The molecule has 22 heavy (non-hydrogen) atoms. The van der Waals surface area contributed by atoms with E-state index in [1.165, 1.54) is 11.3 Å². The molecule has 0 spiro atoms. The number of hydrogen-bond donors (Lipinski definition) is 0. The highest BCUT2D eigenvalue weighted by molar-refractivity contribution is 6.00. The van der Waals surface area contributed by atoms with Crippen molar-refractivity contribution in [1.29, 1.82) is 0 Å². The van der Waals surface area contributed by atoms with Gasteiger partial charge < -0.3 is 0 Å². The molecule has 3 aromatic rings. The van der Waals surface area contributed by atoms with Crippen LogP contribution in [-0.4, -0.2) is 20.2 Å². The Labute approximate surface area is 127 Å². The zero-order chi connectivity index (χ0) is 15.9. The van der Waals surface area contributed by atoms with Crippen molar-refractivity contribution in [3.63, 3.8) is 0 Å². The second-order valence-corrected chi connectivity index (χ2v) is 5.31. The van der Waals surface area contributed by atoms with Crippen LogP contribution in [0.2, 0.25) is 0 Å². The SMILES string of the molecule is CC(=O)c1cc(C)cn2c(=O)c(C)c(-c3cccnc3)nc12. The molecule has 5 heteroatoms. The summed E-state index contributed by atoms with van der Waals surface area (Å²) in [5.74, 6) is -0.117. The van der Waals surface area contributed by atoms with Crippen molar-refractivity contribution in [1.82, 2.24) is 14.4 Å². The van der Waals surface area contributed by atoms with Crippen LogP contribution >= 0.6 is 0 Å². The molecule has 0 N–H and O–H groups in total. The van der Waals surface area contributed by atoms with Gasteiger partial charge in [0, 0.05) is 29.7 Å². The predicted octanol–water partition coefficient (Wildman–Crippen LogP) is 2.58. The molecule has 5 nitrogen and oxygen atoms in total. The molecule has 0 fully saturated rings. The summed E-state index contributed by atoms with van der Waals surface area (Å²) < 4.78 is 1.45. The zero-order valence-corrected chi connectivity index (χ0v) is 12.6. The van der Waals surface area contributed by atoms with Gasteiger partial charge in [-0.05, 0) is 44.5 Å². The maximum absolute atomic E-state index is 12.6. The zero-order valence-electron chi connectivity index (χ0n) is 12.6. The summed E-state index contributed by atoms with van der Waals surface area (Å²) in [6.07, 6.45) is 5.03. The van der Waals surface area contributed by atoms with Gasteiger partial charge in [0.25, 0.3) is 5.56 Å². The molecule has 110 valence electrons. The Balaban J connectivity index is 2.46. The average molecular weight is 293 g/mol. The van der Waals surface area contributed by atoms with Gasteiger partial charge in [-0.1, -0.05) is 0 Å². The number of Topliss-reactive ketones (excluding diaryl/α,β-unsaturated/α-hetero) is 1. The number of hydrogen-bond acceptors (Lipinski definition) is 4. The fourth-order valence-electron chi connectivity index (χ4n) is 2.51. The van der Waals surface area contributed by atoms with Crippen molar-refractivity contribution >= 4 is 11.4 Å². The van der Waals surface area contributed by atoms with Gasteiger partial charge in [-0.2, -0.15) is 0 Å². The minimum atomic E-state index is -0.171. The van der Waals surface area contributed by atoms with E-state index in [0.717, 1.165) is 11.1 Å². The Hall–Kier alpha value is -2.82. The monoisotopic (exact) mass is 293 g/mol. The summed E-state index contributed by atoms with van der Waals surface area (Å²) in [5, 5.41) is 0. The first kappa shape index (κ1) is 14.1. The fraction of sp³-hybridized carbons (Fsp3) is 0.176. The van der Waals surface area contributed by atoms with Gasteiger partial charge in [-0.3, -0.25) is 19.0 Å². The Bertz CT molecular complexity index is 944. The maximum Gasteiger partial charge on any atom is 0.261 e. The van der Waals surface area contributed by atoms with Crippen LogP contribution in [0.5, 0.6) is 0 Å². The number of aryl methyl sites for hydroxylation is 1. The molecule has 0 atom stereocenters. The van der Waals surface area contributed by atoms with Gasteiger partial charge in [0.15, 0.2) is 11.4 Å². The summed E-state index contributed by atoms with van der Waals surface area (Å²) in [7, 11) is 0. The number of nitrogens with zero attached hydrogens (tertiary/aromatic N) is 3. The Morgan fingerprint density at radius 2 is 2.05 bits per heavy atom. The molecule has 0 unspecified atom stereocenters. The van der Waals surface area contributed by atoms with E-state index in [2.05, 4.69) is 9.97 Å². The van der Waals surface area contributed by atoms with Gasteiger partial charge in [0.05, 0.1) is 11.3 Å². The number of ketones is 1. The van der Waals surface area contributed by atoms with Gasteiger partial charge in [0.2, 0.25) is 0 Å². The van der Waals surface area contributed by atoms with Crippen LogP contribution < -0.4 is 5.56 Å². The summed E-state index contributed by atoms with van der Waals surface area (Å²) in [5.41, 5.74) is 3.35. The number of pyridine rings is 2. The van der Waals surface area contributed by atoms with Crippen LogP contribution in [0.4, 0.5) is 0 Å². The molecular weight excluding hydrogens is 278 g/mol. The minimum absolute atomic E-state index is 0.117. The van der Waals surface area contributed by atoms with Crippen molar-refractivity contribution < 1.29 is 4.79 Å². The number of aromatic nitrogens is 3. The minimum Gasteiger partial charge on any atom is -0.294 e. The van der Waals surface area contributed by atoms with E-state index >= 15 is 0 Å². The molecule has 0 aromatic carbocycles. The molecule has 0 radical (unpaired) electrons. The first-order valence-electron chi connectivity index (χ1n) is 6.94. The molecule has 0 aliphatic heterocycles. The molecule has 0 aliphatic rings. The third-order valence-corrected chi connectivity index (χ3v) is 3.60. The van der Waals surface area contributed by atoms with Crippen molar-refractivity contribution in [2.24, 2.45) is 0 Å². The van der Waals surface area contributed by atoms with Crippen molar-refractivity contribution in [2.75, 3.05) is 0 Å². The topological polar surface area (TPSA) is 64.3 Å². The Morgan fingerprint density at radius 1 is 1.27 bits per heavy atom.